The van der Waals surface area contributed by atoms with E-state index in [2.05, 4.69) is 0 Å². The maximum atomic E-state index is 12.5. The van der Waals surface area contributed by atoms with Gasteiger partial charge in [0.15, 0.2) is 5.82 Å². The van der Waals surface area contributed by atoms with Crippen LogP contribution in [0.1, 0.15) is 0 Å². The molecule has 1 heterocycles. The maximum absolute atomic E-state index is 12.5. The molecule has 3 nitrogen and oxygen atoms in total. The van der Waals surface area contributed by atoms with E-state index in [1.807, 2.05) is 0 Å². The van der Waals surface area contributed by atoms with Crippen molar-refractivity contribution in [2.45, 2.75) is 6.54 Å². The predicted molar refractivity (Wildman–Crippen MR) is 36.3 cm³/mol. The molecule has 0 atom stereocenters. The third kappa shape index (κ3) is 1.44. The average molecular weight is 152 g/mol. The molecule has 56 valence electrons. The van der Waals surface area contributed by atoms with E-state index in [9.17, 15) is 9.18 Å². The minimum atomic E-state index is -0.831. The molecule has 11 heavy (non-hydrogen) atoms. The van der Waals surface area contributed by atoms with Crippen molar-refractivity contribution in [3.05, 3.63) is 34.5 Å². The number of nitriles is 1. The Labute approximate surface area is 62.3 Å². The van der Waals surface area contributed by atoms with Gasteiger partial charge in [-0.15, -0.1) is 0 Å². The Hall–Kier alpha value is -1.63. The summed E-state index contributed by atoms with van der Waals surface area (Å²) in [5, 5.41) is 8.20. The molecule has 0 aliphatic carbocycles. The van der Waals surface area contributed by atoms with Crippen molar-refractivity contribution >= 4 is 0 Å². The molecule has 0 aliphatic heterocycles. The van der Waals surface area contributed by atoms with E-state index >= 15 is 0 Å². The number of pyridine rings is 1. The van der Waals surface area contributed by atoms with Crippen LogP contribution in [0.5, 0.6) is 0 Å². The molecule has 0 aromatic carbocycles. The van der Waals surface area contributed by atoms with Gasteiger partial charge in [-0.25, -0.2) is 4.39 Å². The predicted octanol–water partition coefficient (Wildman–Crippen LogP) is 0.511. The number of rotatable bonds is 1. The zero-order valence-corrected chi connectivity index (χ0v) is 5.62. The molecule has 0 radical (unpaired) electrons. The second-order valence-electron chi connectivity index (χ2n) is 1.95. The van der Waals surface area contributed by atoms with Gasteiger partial charge in [-0.1, -0.05) is 0 Å². The number of hydrogen-bond donors (Lipinski definition) is 0. The highest BCUT2D eigenvalue weighted by Crippen LogP contribution is 1.87. The molecule has 0 N–H and O–H groups in total. The second kappa shape index (κ2) is 2.97. The largest absolute Gasteiger partial charge is 0.299 e. The Balaban J connectivity index is 3.20. The monoisotopic (exact) mass is 152 g/mol. The number of aromatic nitrogens is 1. The number of halogens is 1. The molecule has 1 aromatic heterocycles. The molecule has 1 rings (SSSR count). The topological polar surface area (TPSA) is 45.8 Å². The molecule has 0 aliphatic rings. The summed E-state index contributed by atoms with van der Waals surface area (Å²) in [6.45, 7) is -0.114. The summed E-state index contributed by atoms with van der Waals surface area (Å²) >= 11 is 0. The smallest absolute Gasteiger partial charge is 0.287 e. The van der Waals surface area contributed by atoms with E-state index in [0.717, 1.165) is 10.6 Å². The van der Waals surface area contributed by atoms with Crippen LogP contribution in [0.3, 0.4) is 0 Å². The summed E-state index contributed by atoms with van der Waals surface area (Å²) in [7, 11) is 0. The van der Waals surface area contributed by atoms with E-state index in [4.69, 9.17) is 5.26 Å². The van der Waals surface area contributed by atoms with Crippen LogP contribution < -0.4 is 5.56 Å². The molecule has 0 spiro atoms. The number of nitrogens with zero attached hydrogens (tertiary/aromatic N) is 2. The first-order valence-electron chi connectivity index (χ1n) is 2.97. The van der Waals surface area contributed by atoms with Gasteiger partial charge in [-0.05, 0) is 12.1 Å². The lowest BCUT2D eigenvalue weighted by atomic mass is 10.4. The summed E-state index contributed by atoms with van der Waals surface area (Å²) in [6.07, 6.45) is 1.37. The fraction of sp³-hybridized carbons (Fsp3) is 0.143. The third-order valence-corrected chi connectivity index (χ3v) is 1.21. The maximum Gasteiger partial charge on any atom is 0.287 e. The Morgan fingerprint density at radius 1 is 1.73 bits per heavy atom. The summed E-state index contributed by atoms with van der Waals surface area (Å²) in [5.74, 6) is -0.831. The van der Waals surface area contributed by atoms with Gasteiger partial charge in [0.25, 0.3) is 5.56 Å². The first kappa shape index (κ1) is 7.48. The highest BCUT2D eigenvalue weighted by atomic mass is 19.1. The Kier molecular flexibility index (Phi) is 2.02. The van der Waals surface area contributed by atoms with E-state index in [0.29, 0.717) is 0 Å². The fourth-order valence-corrected chi connectivity index (χ4v) is 0.708. The Morgan fingerprint density at radius 3 is 3.09 bits per heavy atom. The van der Waals surface area contributed by atoms with Crippen molar-refractivity contribution in [3.63, 3.8) is 0 Å². The van der Waals surface area contributed by atoms with Gasteiger partial charge < -0.3 is 0 Å². The first-order valence-corrected chi connectivity index (χ1v) is 2.97. The minimum absolute atomic E-state index is 0.114. The van der Waals surface area contributed by atoms with Crippen molar-refractivity contribution in [1.29, 1.82) is 5.26 Å². The van der Waals surface area contributed by atoms with E-state index in [1.54, 1.807) is 6.07 Å². The van der Waals surface area contributed by atoms with Gasteiger partial charge in [-0.2, -0.15) is 5.26 Å². The molecule has 4 heteroatoms. The highest BCUT2D eigenvalue weighted by molar-refractivity contribution is 4.97. The molecule has 0 bridgehead atoms. The number of hydrogen-bond acceptors (Lipinski definition) is 2. The van der Waals surface area contributed by atoms with Crippen LogP contribution >= 0.6 is 0 Å². The van der Waals surface area contributed by atoms with Crippen LogP contribution in [0.4, 0.5) is 4.39 Å². The Bertz CT molecular complexity index is 350. The van der Waals surface area contributed by atoms with Crippen molar-refractivity contribution in [3.8, 4) is 6.07 Å². The van der Waals surface area contributed by atoms with Crippen LogP contribution in [-0.2, 0) is 6.54 Å². The molecule has 0 unspecified atom stereocenters. The van der Waals surface area contributed by atoms with Gasteiger partial charge in [0, 0.05) is 6.20 Å². The van der Waals surface area contributed by atoms with E-state index in [-0.39, 0.29) is 6.54 Å². The summed E-state index contributed by atoms with van der Waals surface area (Å²) in [5.41, 5.74) is -0.756. The SMILES string of the molecule is N#CCn1cccc(F)c1=O. The first-order chi connectivity index (χ1) is 5.25. The minimum Gasteiger partial charge on any atom is -0.299 e. The molecule has 0 saturated heterocycles. The standard InChI is InChI=1S/C7H5FN2O/c8-6-2-1-4-10(5-3-9)7(6)11/h1-2,4H,5H2. The molecule has 1 aromatic rings. The lowest BCUT2D eigenvalue weighted by Crippen LogP contribution is -2.21. The quantitative estimate of drug-likeness (QED) is 0.588. The molecule has 0 fully saturated rings. The highest BCUT2D eigenvalue weighted by Gasteiger charge is 1.98. The van der Waals surface area contributed by atoms with Crippen molar-refractivity contribution < 1.29 is 4.39 Å². The summed E-state index contributed by atoms with van der Waals surface area (Å²) < 4.78 is 13.5. The average Bonchev–Trinajstić information content (AvgIpc) is 1.99. The molecular formula is C7H5FN2O. The zero-order chi connectivity index (χ0) is 8.27. The second-order valence-corrected chi connectivity index (χ2v) is 1.95. The molecule has 0 saturated carbocycles. The van der Waals surface area contributed by atoms with Crippen molar-refractivity contribution in [2.24, 2.45) is 0 Å². The lowest BCUT2D eigenvalue weighted by molar-refractivity contribution is 0.584. The van der Waals surface area contributed by atoms with Crippen LogP contribution in [0, 0.1) is 17.1 Å². The van der Waals surface area contributed by atoms with Gasteiger partial charge in [0.2, 0.25) is 0 Å². The van der Waals surface area contributed by atoms with Gasteiger partial charge in [0.1, 0.15) is 6.54 Å². The third-order valence-electron chi connectivity index (χ3n) is 1.21. The van der Waals surface area contributed by atoms with Gasteiger partial charge in [-0.3, -0.25) is 9.36 Å². The summed E-state index contributed by atoms with van der Waals surface area (Å²) in [6, 6.07) is 4.20. The van der Waals surface area contributed by atoms with Crippen LogP contribution in [0.25, 0.3) is 0 Å². The van der Waals surface area contributed by atoms with E-state index in [1.165, 1.54) is 12.3 Å². The fourth-order valence-electron chi connectivity index (χ4n) is 0.708. The molecular weight excluding hydrogens is 147 g/mol. The van der Waals surface area contributed by atoms with Gasteiger partial charge in [0.05, 0.1) is 6.07 Å². The molecule has 0 amide bonds. The lowest BCUT2D eigenvalue weighted by Gasteiger charge is -1.96. The summed E-state index contributed by atoms with van der Waals surface area (Å²) in [4.78, 5) is 10.8. The van der Waals surface area contributed by atoms with E-state index < -0.39 is 11.4 Å². The van der Waals surface area contributed by atoms with Crippen molar-refractivity contribution in [2.75, 3.05) is 0 Å². The normalized spacial score (nSPS) is 9.09. The van der Waals surface area contributed by atoms with Gasteiger partial charge >= 0.3 is 0 Å². The van der Waals surface area contributed by atoms with Crippen LogP contribution in [0.15, 0.2) is 23.1 Å². The van der Waals surface area contributed by atoms with Crippen molar-refractivity contribution in [1.82, 2.24) is 4.57 Å². The van der Waals surface area contributed by atoms with Crippen LogP contribution in [0.2, 0.25) is 0 Å². The Morgan fingerprint density at radius 2 is 2.45 bits per heavy atom. The van der Waals surface area contributed by atoms with Crippen LogP contribution in [-0.4, -0.2) is 4.57 Å². The zero-order valence-electron chi connectivity index (χ0n) is 5.62.